The van der Waals surface area contributed by atoms with Gasteiger partial charge in [0.15, 0.2) is 0 Å². The Balaban J connectivity index is 1.56. The van der Waals surface area contributed by atoms with E-state index in [0.717, 1.165) is 37.4 Å². The van der Waals surface area contributed by atoms with Crippen LogP contribution in [0, 0.1) is 0 Å². The highest BCUT2D eigenvalue weighted by molar-refractivity contribution is 7.14. The molecule has 2 heterocycles. The van der Waals surface area contributed by atoms with Gasteiger partial charge in [0.05, 0.1) is 17.6 Å². The van der Waals surface area contributed by atoms with Crippen molar-refractivity contribution in [1.29, 1.82) is 0 Å². The third-order valence-corrected chi connectivity index (χ3v) is 4.95. The Labute approximate surface area is 117 Å². The topological polar surface area (TPSA) is 50.4 Å². The standard InChI is InChI=1S/C14H20N2O2S/c17-14(16-9-11-8-15-5-6-18-11)13-7-10-3-1-2-4-12(10)19-13/h7,11,15H,1-6,8-9H2,(H,16,17). The fraction of sp³-hybridized carbons (Fsp3) is 0.643. The number of thiophene rings is 1. The Morgan fingerprint density at radius 1 is 1.47 bits per heavy atom. The molecule has 1 atom stereocenters. The van der Waals surface area contributed by atoms with Gasteiger partial charge in [-0.1, -0.05) is 0 Å². The van der Waals surface area contributed by atoms with Crippen LogP contribution in [0.3, 0.4) is 0 Å². The normalized spacial score (nSPS) is 22.8. The first-order valence-corrected chi connectivity index (χ1v) is 7.86. The monoisotopic (exact) mass is 280 g/mol. The Morgan fingerprint density at radius 3 is 3.16 bits per heavy atom. The van der Waals surface area contributed by atoms with Crippen molar-refractivity contribution in [2.75, 3.05) is 26.2 Å². The smallest absolute Gasteiger partial charge is 0.261 e. The first-order chi connectivity index (χ1) is 9.33. The second-order valence-electron chi connectivity index (χ2n) is 5.17. The van der Waals surface area contributed by atoms with Crippen LogP contribution >= 0.6 is 11.3 Å². The van der Waals surface area contributed by atoms with Gasteiger partial charge in [-0.25, -0.2) is 0 Å². The second-order valence-corrected chi connectivity index (χ2v) is 6.31. The summed E-state index contributed by atoms with van der Waals surface area (Å²) in [4.78, 5) is 14.4. The number of hydrogen-bond acceptors (Lipinski definition) is 4. The van der Waals surface area contributed by atoms with Gasteiger partial charge in [-0.2, -0.15) is 0 Å². The largest absolute Gasteiger partial charge is 0.374 e. The molecule has 2 N–H and O–H groups in total. The Kier molecular flexibility index (Phi) is 4.15. The molecule has 5 heteroatoms. The zero-order valence-corrected chi connectivity index (χ0v) is 11.9. The van der Waals surface area contributed by atoms with Crippen LogP contribution in [0.25, 0.3) is 0 Å². The molecule has 1 aliphatic carbocycles. The maximum absolute atomic E-state index is 12.1. The summed E-state index contributed by atoms with van der Waals surface area (Å²) in [5.41, 5.74) is 1.39. The average Bonchev–Trinajstić information content (AvgIpc) is 2.90. The molecule has 0 aromatic carbocycles. The van der Waals surface area contributed by atoms with Crippen LogP contribution in [0.15, 0.2) is 6.07 Å². The molecule has 19 heavy (non-hydrogen) atoms. The second kappa shape index (κ2) is 6.03. The van der Waals surface area contributed by atoms with Crippen molar-refractivity contribution in [3.05, 3.63) is 21.4 Å². The van der Waals surface area contributed by atoms with Crippen molar-refractivity contribution >= 4 is 17.2 Å². The number of ether oxygens (including phenoxy) is 1. The lowest BCUT2D eigenvalue weighted by atomic mass is 9.99. The summed E-state index contributed by atoms with van der Waals surface area (Å²) >= 11 is 1.66. The van der Waals surface area contributed by atoms with Gasteiger partial charge in [-0.3, -0.25) is 4.79 Å². The number of morpholine rings is 1. The van der Waals surface area contributed by atoms with Crippen molar-refractivity contribution in [3.8, 4) is 0 Å². The molecule has 0 radical (unpaired) electrons. The van der Waals surface area contributed by atoms with E-state index in [9.17, 15) is 4.79 Å². The molecule has 1 aromatic heterocycles. The van der Waals surface area contributed by atoms with Gasteiger partial charge in [0.25, 0.3) is 5.91 Å². The van der Waals surface area contributed by atoms with E-state index in [2.05, 4.69) is 16.7 Å². The molecule has 1 unspecified atom stereocenters. The summed E-state index contributed by atoms with van der Waals surface area (Å²) in [6.07, 6.45) is 4.90. The van der Waals surface area contributed by atoms with Crippen molar-refractivity contribution in [2.24, 2.45) is 0 Å². The van der Waals surface area contributed by atoms with Crippen LogP contribution in [-0.2, 0) is 17.6 Å². The molecule has 104 valence electrons. The van der Waals surface area contributed by atoms with Gasteiger partial charge in [0, 0.05) is 24.5 Å². The maximum atomic E-state index is 12.1. The molecule has 0 saturated carbocycles. The minimum absolute atomic E-state index is 0.0496. The van der Waals surface area contributed by atoms with Crippen LogP contribution in [-0.4, -0.2) is 38.3 Å². The predicted molar refractivity (Wildman–Crippen MR) is 75.9 cm³/mol. The summed E-state index contributed by atoms with van der Waals surface area (Å²) < 4.78 is 5.57. The lowest BCUT2D eigenvalue weighted by Crippen LogP contribution is -2.45. The average molecular weight is 280 g/mol. The number of amides is 1. The Hall–Kier alpha value is -0.910. The van der Waals surface area contributed by atoms with E-state index in [0.29, 0.717) is 6.54 Å². The van der Waals surface area contributed by atoms with Gasteiger partial charge in [-0.15, -0.1) is 11.3 Å². The van der Waals surface area contributed by atoms with E-state index in [4.69, 9.17) is 4.74 Å². The number of fused-ring (bicyclic) bond motifs is 1. The number of rotatable bonds is 3. The summed E-state index contributed by atoms with van der Waals surface area (Å²) in [7, 11) is 0. The molecule has 3 rings (SSSR count). The van der Waals surface area contributed by atoms with Crippen molar-refractivity contribution in [2.45, 2.75) is 31.8 Å². The number of aryl methyl sites for hydroxylation is 2. The highest BCUT2D eigenvalue weighted by Gasteiger charge is 2.19. The van der Waals surface area contributed by atoms with Gasteiger partial charge in [-0.05, 0) is 37.3 Å². The molecule has 1 amide bonds. The predicted octanol–water partition coefficient (Wildman–Crippen LogP) is 1.35. The molecule has 1 fully saturated rings. The minimum atomic E-state index is 0.0496. The number of carbonyl (C=O) groups is 1. The Bertz CT molecular complexity index is 429. The van der Waals surface area contributed by atoms with E-state index in [1.807, 2.05) is 0 Å². The molecular formula is C14H20N2O2S. The van der Waals surface area contributed by atoms with E-state index >= 15 is 0 Å². The molecule has 1 saturated heterocycles. The third-order valence-electron chi connectivity index (χ3n) is 3.72. The third kappa shape index (κ3) is 3.16. The molecule has 1 aromatic rings. The van der Waals surface area contributed by atoms with E-state index in [-0.39, 0.29) is 12.0 Å². The van der Waals surface area contributed by atoms with Crippen LogP contribution in [0.4, 0.5) is 0 Å². The fourth-order valence-corrected chi connectivity index (χ4v) is 3.82. The molecule has 0 bridgehead atoms. The maximum Gasteiger partial charge on any atom is 0.261 e. The van der Waals surface area contributed by atoms with Crippen molar-refractivity contribution < 1.29 is 9.53 Å². The number of hydrogen-bond donors (Lipinski definition) is 2. The lowest BCUT2D eigenvalue weighted by molar-refractivity contribution is 0.0287. The van der Waals surface area contributed by atoms with E-state index < -0.39 is 0 Å². The lowest BCUT2D eigenvalue weighted by Gasteiger charge is -2.23. The molecule has 4 nitrogen and oxygen atoms in total. The summed E-state index contributed by atoms with van der Waals surface area (Å²) in [6.45, 7) is 3.05. The summed E-state index contributed by atoms with van der Waals surface area (Å²) in [5, 5.41) is 6.25. The highest BCUT2D eigenvalue weighted by atomic mass is 32.1. The first-order valence-electron chi connectivity index (χ1n) is 7.05. The van der Waals surface area contributed by atoms with Gasteiger partial charge in [0.1, 0.15) is 0 Å². The summed E-state index contributed by atoms with van der Waals surface area (Å²) in [5.74, 6) is 0.0496. The molecule has 2 aliphatic rings. The number of nitrogens with one attached hydrogen (secondary N) is 2. The van der Waals surface area contributed by atoms with Crippen molar-refractivity contribution in [1.82, 2.24) is 10.6 Å². The molecule has 0 spiro atoms. The van der Waals surface area contributed by atoms with Crippen LogP contribution in [0.2, 0.25) is 0 Å². The molecular weight excluding hydrogens is 260 g/mol. The van der Waals surface area contributed by atoms with Crippen molar-refractivity contribution in [3.63, 3.8) is 0 Å². The van der Waals surface area contributed by atoms with Crippen LogP contribution < -0.4 is 10.6 Å². The van der Waals surface area contributed by atoms with Gasteiger partial charge in [0.2, 0.25) is 0 Å². The molecule has 1 aliphatic heterocycles. The highest BCUT2D eigenvalue weighted by Crippen LogP contribution is 2.29. The first kappa shape index (κ1) is 13.1. The minimum Gasteiger partial charge on any atom is -0.374 e. The quantitative estimate of drug-likeness (QED) is 0.878. The zero-order valence-electron chi connectivity index (χ0n) is 11.0. The summed E-state index contributed by atoms with van der Waals surface area (Å²) in [6, 6.07) is 2.08. The van der Waals surface area contributed by atoms with Gasteiger partial charge < -0.3 is 15.4 Å². The van der Waals surface area contributed by atoms with Gasteiger partial charge >= 0.3 is 0 Å². The zero-order chi connectivity index (χ0) is 13.1. The number of carbonyl (C=O) groups excluding carboxylic acids is 1. The fourth-order valence-electron chi connectivity index (χ4n) is 2.65. The van der Waals surface area contributed by atoms with E-state index in [1.165, 1.54) is 23.3 Å². The van der Waals surface area contributed by atoms with E-state index in [1.54, 1.807) is 11.3 Å². The SMILES string of the molecule is O=C(NCC1CNCCO1)c1cc2c(s1)CCCC2. The van der Waals surface area contributed by atoms with Crippen LogP contribution in [0.5, 0.6) is 0 Å². The Morgan fingerprint density at radius 2 is 2.37 bits per heavy atom. The van der Waals surface area contributed by atoms with Crippen LogP contribution in [0.1, 0.15) is 33.0 Å².